The van der Waals surface area contributed by atoms with E-state index in [9.17, 15) is 29.4 Å². The Morgan fingerprint density at radius 3 is 1.35 bits per heavy atom. The first-order valence-electron chi connectivity index (χ1n) is 12.2. The van der Waals surface area contributed by atoms with Crippen molar-refractivity contribution in [3.05, 3.63) is 83.9 Å². The predicted octanol–water partition coefficient (Wildman–Crippen LogP) is 2.29. The molecular formula is C28H30N4O6S2. The molecule has 210 valence electrons. The fourth-order valence-corrected chi connectivity index (χ4v) is 3.95. The predicted molar refractivity (Wildman–Crippen MR) is 159 cm³/mol. The third-order valence-corrected chi connectivity index (χ3v) is 6.32. The van der Waals surface area contributed by atoms with Crippen LogP contribution in [0, 0.1) is 0 Å². The van der Waals surface area contributed by atoms with Crippen LogP contribution in [0.25, 0.3) is 0 Å². The number of phenolic OH excluding ortho intramolecular Hbond substituents is 2. The van der Waals surface area contributed by atoms with Gasteiger partial charge in [-0.05, 0) is 53.6 Å². The number of anilines is 2. The summed E-state index contributed by atoms with van der Waals surface area (Å²) in [5.41, 5.74) is 2.18. The van der Waals surface area contributed by atoms with Gasteiger partial charge in [0.05, 0.1) is 11.5 Å². The summed E-state index contributed by atoms with van der Waals surface area (Å²) in [5.74, 6) is -1.86. The SMILES string of the molecule is O=C(CS)NC(Cc1ccc(O)cc1)C(=O)Nc1cccc(NC(=O)C(Cc2ccc(O)cc2)NC(=O)CS)c1. The lowest BCUT2D eigenvalue weighted by atomic mass is 10.0. The summed E-state index contributed by atoms with van der Waals surface area (Å²) in [6, 6.07) is 17.2. The van der Waals surface area contributed by atoms with Gasteiger partial charge in [-0.25, -0.2) is 0 Å². The van der Waals surface area contributed by atoms with E-state index in [0.29, 0.717) is 11.4 Å². The first-order chi connectivity index (χ1) is 19.2. The quantitative estimate of drug-likeness (QED) is 0.153. The minimum Gasteiger partial charge on any atom is -0.508 e. The number of rotatable bonds is 12. The van der Waals surface area contributed by atoms with Crippen molar-refractivity contribution in [3.63, 3.8) is 0 Å². The van der Waals surface area contributed by atoms with E-state index in [2.05, 4.69) is 46.5 Å². The standard InChI is InChI=1S/C28H30N4O6S2/c33-21-8-4-17(5-9-21)12-23(31-25(35)15-39)27(37)29-19-2-1-3-20(14-19)30-28(38)24(32-26(36)16-40)13-18-6-10-22(34)11-7-18/h1-11,14,23-24,33-34,39-40H,12-13,15-16H2,(H,29,37)(H,30,38)(H,31,35)(H,32,36). The fraction of sp³-hybridized carbons (Fsp3) is 0.214. The van der Waals surface area contributed by atoms with E-state index in [4.69, 9.17) is 0 Å². The van der Waals surface area contributed by atoms with Gasteiger partial charge in [-0.15, -0.1) is 0 Å². The number of nitrogens with one attached hydrogen (secondary N) is 4. The van der Waals surface area contributed by atoms with Gasteiger partial charge in [-0.1, -0.05) is 30.3 Å². The summed E-state index contributed by atoms with van der Waals surface area (Å²) < 4.78 is 0. The molecule has 3 aromatic rings. The zero-order chi connectivity index (χ0) is 29.1. The average molecular weight is 583 g/mol. The van der Waals surface area contributed by atoms with Gasteiger partial charge >= 0.3 is 0 Å². The van der Waals surface area contributed by atoms with Gasteiger partial charge < -0.3 is 31.5 Å². The molecule has 3 rings (SSSR count). The van der Waals surface area contributed by atoms with Crippen molar-refractivity contribution >= 4 is 60.3 Å². The second kappa shape index (κ2) is 14.8. The van der Waals surface area contributed by atoms with Gasteiger partial charge in [0.15, 0.2) is 0 Å². The molecule has 0 bridgehead atoms. The lowest BCUT2D eigenvalue weighted by Crippen LogP contribution is -2.46. The number of amides is 4. The van der Waals surface area contributed by atoms with Crippen LogP contribution in [-0.4, -0.2) is 57.4 Å². The van der Waals surface area contributed by atoms with Crippen molar-refractivity contribution in [1.82, 2.24) is 10.6 Å². The lowest BCUT2D eigenvalue weighted by molar-refractivity contribution is -0.124. The molecule has 3 aromatic carbocycles. The Kier molecular flexibility index (Phi) is 11.3. The van der Waals surface area contributed by atoms with Crippen LogP contribution in [0.2, 0.25) is 0 Å². The topological polar surface area (TPSA) is 157 Å². The minimum atomic E-state index is -0.923. The Labute approximate surface area is 242 Å². The molecule has 10 nitrogen and oxygen atoms in total. The van der Waals surface area contributed by atoms with Crippen molar-refractivity contribution < 1.29 is 29.4 Å². The van der Waals surface area contributed by atoms with E-state index in [1.807, 2.05) is 0 Å². The highest BCUT2D eigenvalue weighted by Gasteiger charge is 2.23. The van der Waals surface area contributed by atoms with E-state index in [1.165, 1.54) is 24.3 Å². The van der Waals surface area contributed by atoms with Crippen molar-refractivity contribution in [2.75, 3.05) is 22.1 Å². The van der Waals surface area contributed by atoms with Gasteiger partial charge in [-0.3, -0.25) is 19.2 Å². The summed E-state index contributed by atoms with van der Waals surface area (Å²) in [7, 11) is 0. The van der Waals surface area contributed by atoms with E-state index in [1.54, 1.807) is 48.5 Å². The molecule has 0 spiro atoms. The normalized spacial score (nSPS) is 12.1. The molecule has 40 heavy (non-hydrogen) atoms. The maximum absolute atomic E-state index is 13.1. The Morgan fingerprint density at radius 1 is 0.625 bits per heavy atom. The van der Waals surface area contributed by atoms with Gasteiger partial charge in [0, 0.05) is 24.2 Å². The molecule has 4 amide bonds. The minimum absolute atomic E-state index is 0.0819. The molecule has 2 unspecified atom stereocenters. The van der Waals surface area contributed by atoms with Gasteiger partial charge in [0.25, 0.3) is 0 Å². The highest BCUT2D eigenvalue weighted by Crippen LogP contribution is 2.18. The largest absolute Gasteiger partial charge is 0.508 e. The van der Waals surface area contributed by atoms with Crippen LogP contribution in [0.15, 0.2) is 72.8 Å². The van der Waals surface area contributed by atoms with Crippen LogP contribution in [0.1, 0.15) is 11.1 Å². The summed E-state index contributed by atoms with van der Waals surface area (Å²) in [4.78, 5) is 50.2. The Balaban J connectivity index is 1.72. The maximum Gasteiger partial charge on any atom is 0.247 e. The smallest absolute Gasteiger partial charge is 0.247 e. The molecule has 12 heteroatoms. The molecule has 0 aliphatic rings. The second-order valence-corrected chi connectivity index (χ2v) is 9.49. The number of benzene rings is 3. The number of aromatic hydroxyl groups is 2. The van der Waals surface area contributed by atoms with Crippen LogP contribution in [0.5, 0.6) is 11.5 Å². The number of phenols is 2. The van der Waals surface area contributed by atoms with E-state index < -0.39 is 35.7 Å². The summed E-state index contributed by atoms with van der Waals surface area (Å²) >= 11 is 7.93. The summed E-state index contributed by atoms with van der Waals surface area (Å²) in [6.07, 6.45) is 0.345. The lowest BCUT2D eigenvalue weighted by Gasteiger charge is -2.20. The van der Waals surface area contributed by atoms with Gasteiger partial charge in [-0.2, -0.15) is 25.3 Å². The van der Waals surface area contributed by atoms with Crippen molar-refractivity contribution in [2.45, 2.75) is 24.9 Å². The number of thiol groups is 2. The summed E-state index contributed by atoms with van der Waals surface area (Å²) in [5, 5.41) is 29.8. The van der Waals surface area contributed by atoms with E-state index in [-0.39, 0.29) is 35.8 Å². The summed E-state index contributed by atoms with van der Waals surface area (Å²) in [6.45, 7) is 0. The molecule has 2 atom stereocenters. The first-order valence-corrected chi connectivity index (χ1v) is 13.5. The highest BCUT2D eigenvalue weighted by molar-refractivity contribution is 7.81. The third-order valence-electron chi connectivity index (χ3n) is 5.74. The van der Waals surface area contributed by atoms with Crippen LogP contribution in [0.4, 0.5) is 11.4 Å². The molecule has 0 saturated carbocycles. The molecule has 0 radical (unpaired) electrons. The molecule has 0 aliphatic heterocycles. The van der Waals surface area contributed by atoms with Gasteiger partial charge in [0.1, 0.15) is 23.6 Å². The van der Waals surface area contributed by atoms with Crippen LogP contribution < -0.4 is 21.3 Å². The third kappa shape index (κ3) is 9.54. The van der Waals surface area contributed by atoms with Crippen molar-refractivity contribution in [2.24, 2.45) is 0 Å². The Morgan fingerprint density at radius 2 is 1.00 bits per heavy atom. The zero-order valence-corrected chi connectivity index (χ0v) is 23.1. The number of carbonyl (C=O) groups excluding carboxylic acids is 4. The molecule has 6 N–H and O–H groups in total. The highest BCUT2D eigenvalue weighted by atomic mass is 32.1. The molecular weight excluding hydrogens is 552 g/mol. The molecule has 0 aromatic heterocycles. The first kappa shape index (κ1) is 30.4. The average Bonchev–Trinajstić information content (AvgIpc) is 2.94. The molecule has 0 saturated heterocycles. The van der Waals surface area contributed by atoms with Crippen molar-refractivity contribution in [1.29, 1.82) is 0 Å². The number of hydrogen-bond acceptors (Lipinski definition) is 8. The van der Waals surface area contributed by atoms with E-state index in [0.717, 1.165) is 11.1 Å². The number of hydrogen-bond donors (Lipinski definition) is 8. The Hall–Kier alpha value is -4.16. The van der Waals surface area contributed by atoms with E-state index >= 15 is 0 Å². The fourth-order valence-electron chi connectivity index (χ4n) is 3.77. The second-order valence-electron chi connectivity index (χ2n) is 8.86. The van der Waals surface area contributed by atoms with Crippen LogP contribution in [-0.2, 0) is 32.0 Å². The monoisotopic (exact) mass is 582 g/mol. The molecule has 0 heterocycles. The van der Waals surface area contributed by atoms with Crippen molar-refractivity contribution in [3.8, 4) is 11.5 Å². The molecule has 0 aliphatic carbocycles. The molecule has 0 fully saturated rings. The zero-order valence-electron chi connectivity index (χ0n) is 21.3. The van der Waals surface area contributed by atoms with Gasteiger partial charge in [0.2, 0.25) is 23.6 Å². The van der Waals surface area contributed by atoms with Crippen LogP contribution >= 0.6 is 25.3 Å². The van der Waals surface area contributed by atoms with Crippen LogP contribution in [0.3, 0.4) is 0 Å². The Bertz CT molecular complexity index is 1240. The number of carbonyl (C=O) groups is 4. The maximum atomic E-state index is 13.1.